The number of alkyl halides is 4. The van der Waals surface area contributed by atoms with E-state index in [2.05, 4.69) is 10.7 Å². The predicted molar refractivity (Wildman–Crippen MR) is 41.0 cm³/mol. The summed E-state index contributed by atoms with van der Waals surface area (Å²) in [5.41, 5.74) is 0. The Morgan fingerprint density at radius 1 is 1.21 bits per heavy atom. The van der Waals surface area contributed by atoms with E-state index in [1.54, 1.807) is 0 Å². The summed E-state index contributed by atoms with van der Waals surface area (Å²) in [5, 5.41) is 2.81. The van der Waals surface area contributed by atoms with Crippen molar-refractivity contribution in [3.05, 3.63) is 0 Å². The van der Waals surface area contributed by atoms with Crippen LogP contribution in [0.3, 0.4) is 0 Å². The third-order valence-corrected chi connectivity index (χ3v) is 2.87. The maximum atomic E-state index is 12.6. The van der Waals surface area contributed by atoms with Gasteiger partial charge in [-0.25, -0.2) is 8.42 Å². The molecule has 0 bridgehead atoms. The minimum absolute atomic E-state index is 0.644. The third kappa shape index (κ3) is 2.71. The first-order valence-corrected chi connectivity index (χ1v) is 5.68. The highest BCUT2D eigenvalue weighted by molar-refractivity contribution is 8.14. The Bertz CT molecular complexity index is 289. The largest absolute Gasteiger partial charge is 0.421 e. The molecule has 0 heterocycles. The van der Waals surface area contributed by atoms with Gasteiger partial charge in [0.25, 0.3) is 0 Å². The summed E-state index contributed by atoms with van der Waals surface area (Å²) in [7, 11) is -1.52. The van der Waals surface area contributed by atoms with Gasteiger partial charge in [-0.1, -0.05) is 0 Å². The molecule has 0 radical (unpaired) electrons. The van der Waals surface area contributed by atoms with E-state index in [0.29, 0.717) is 0 Å². The standard InChI is InChI=1S/C5H7ClF4O3S/c6-14(12,13)5(9,10)4(7,8)2-1-3-11/h11H,1-3H2. The lowest BCUT2D eigenvalue weighted by atomic mass is 10.2. The maximum Gasteiger partial charge on any atom is 0.421 e. The number of hydrogen-bond donors (Lipinski definition) is 1. The first-order chi connectivity index (χ1) is 6.06. The molecule has 0 saturated carbocycles. The van der Waals surface area contributed by atoms with Crippen molar-refractivity contribution in [3.63, 3.8) is 0 Å². The maximum absolute atomic E-state index is 12.6. The van der Waals surface area contributed by atoms with Crippen LogP contribution in [-0.4, -0.2) is 31.3 Å². The van der Waals surface area contributed by atoms with Crippen LogP contribution in [0.15, 0.2) is 0 Å². The van der Waals surface area contributed by atoms with Crippen molar-refractivity contribution in [1.82, 2.24) is 0 Å². The molecule has 0 aromatic carbocycles. The summed E-state index contributed by atoms with van der Waals surface area (Å²) in [6.45, 7) is -0.742. The normalized spacial score (nSPS) is 14.4. The van der Waals surface area contributed by atoms with Gasteiger partial charge in [-0.2, -0.15) is 17.6 Å². The van der Waals surface area contributed by atoms with Crippen LogP contribution in [0.1, 0.15) is 12.8 Å². The van der Waals surface area contributed by atoms with Crippen LogP contribution in [0, 0.1) is 0 Å². The number of halogens is 5. The average molecular weight is 259 g/mol. The van der Waals surface area contributed by atoms with E-state index in [9.17, 15) is 26.0 Å². The van der Waals surface area contributed by atoms with E-state index in [4.69, 9.17) is 5.11 Å². The van der Waals surface area contributed by atoms with Crippen LogP contribution < -0.4 is 0 Å². The van der Waals surface area contributed by atoms with Crippen molar-refractivity contribution in [1.29, 1.82) is 0 Å². The van der Waals surface area contributed by atoms with Crippen LogP contribution in [-0.2, 0) is 9.05 Å². The smallest absolute Gasteiger partial charge is 0.396 e. The van der Waals surface area contributed by atoms with Crippen molar-refractivity contribution in [2.45, 2.75) is 24.0 Å². The Labute approximate surface area is 82.1 Å². The molecule has 0 aromatic rings. The van der Waals surface area contributed by atoms with E-state index in [-0.39, 0.29) is 0 Å². The summed E-state index contributed by atoms with van der Waals surface area (Å²) in [5.74, 6) is -4.78. The number of rotatable bonds is 5. The van der Waals surface area contributed by atoms with E-state index in [0.717, 1.165) is 0 Å². The van der Waals surface area contributed by atoms with E-state index in [1.165, 1.54) is 0 Å². The molecule has 0 aliphatic rings. The lowest BCUT2D eigenvalue weighted by Crippen LogP contribution is -2.44. The minimum Gasteiger partial charge on any atom is -0.396 e. The Kier molecular flexibility index (Phi) is 4.17. The zero-order chi connectivity index (χ0) is 11.6. The van der Waals surface area contributed by atoms with Gasteiger partial charge in [0, 0.05) is 23.7 Å². The average Bonchev–Trinajstić information content (AvgIpc) is 1.98. The molecule has 86 valence electrons. The summed E-state index contributed by atoms with van der Waals surface area (Å²) in [6, 6.07) is 0. The zero-order valence-electron chi connectivity index (χ0n) is 6.68. The van der Waals surface area contributed by atoms with Crippen LogP contribution in [0.5, 0.6) is 0 Å². The van der Waals surface area contributed by atoms with Crippen molar-refractivity contribution in [3.8, 4) is 0 Å². The fourth-order valence-corrected chi connectivity index (χ4v) is 1.42. The van der Waals surface area contributed by atoms with Crippen LogP contribution >= 0.6 is 10.7 Å². The minimum atomic E-state index is -5.68. The summed E-state index contributed by atoms with van der Waals surface area (Å²) in [6.07, 6.45) is -2.10. The molecule has 0 atom stereocenters. The van der Waals surface area contributed by atoms with Gasteiger partial charge in [0.1, 0.15) is 0 Å². The highest BCUT2D eigenvalue weighted by Crippen LogP contribution is 2.43. The first-order valence-electron chi connectivity index (χ1n) is 3.37. The SMILES string of the molecule is O=S(=O)(Cl)C(F)(F)C(F)(F)CCCO. The summed E-state index contributed by atoms with van der Waals surface area (Å²) >= 11 is 0. The number of aliphatic hydroxyl groups excluding tert-OH is 1. The molecule has 0 spiro atoms. The van der Waals surface area contributed by atoms with Crippen LogP contribution in [0.25, 0.3) is 0 Å². The van der Waals surface area contributed by atoms with Crippen molar-refractivity contribution in [2.75, 3.05) is 6.61 Å². The van der Waals surface area contributed by atoms with Crippen LogP contribution in [0.4, 0.5) is 17.6 Å². The highest BCUT2D eigenvalue weighted by Gasteiger charge is 2.64. The van der Waals surface area contributed by atoms with Gasteiger partial charge < -0.3 is 5.11 Å². The Morgan fingerprint density at radius 2 is 1.64 bits per heavy atom. The second-order valence-electron chi connectivity index (χ2n) is 2.49. The Hall–Kier alpha value is -0.0800. The molecular weight excluding hydrogens is 252 g/mol. The van der Waals surface area contributed by atoms with E-state index < -0.39 is 39.7 Å². The predicted octanol–water partition coefficient (Wildman–Crippen LogP) is 1.56. The highest BCUT2D eigenvalue weighted by atomic mass is 35.7. The number of aliphatic hydroxyl groups is 1. The zero-order valence-corrected chi connectivity index (χ0v) is 8.26. The van der Waals surface area contributed by atoms with E-state index >= 15 is 0 Å². The molecule has 1 N–H and O–H groups in total. The fourth-order valence-electron chi connectivity index (χ4n) is 0.625. The quantitative estimate of drug-likeness (QED) is 0.601. The van der Waals surface area contributed by atoms with Gasteiger partial charge in [0.2, 0.25) is 0 Å². The lowest BCUT2D eigenvalue weighted by molar-refractivity contribution is -0.161. The second-order valence-corrected chi connectivity index (χ2v) is 5.09. The monoisotopic (exact) mass is 258 g/mol. The molecule has 0 aliphatic carbocycles. The topological polar surface area (TPSA) is 54.4 Å². The summed E-state index contributed by atoms with van der Waals surface area (Å²) < 4.78 is 70.4. The molecule has 0 fully saturated rings. The molecular formula is C5H7ClF4O3S. The molecule has 0 saturated heterocycles. The Morgan fingerprint density at radius 3 is 1.93 bits per heavy atom. The van der Waals surface area contributed by atoms with Gasteiger partial charge in [-0.3, -0.25) is 0 Å². The molecule has 9 heteroatoms. The summed E-state index contributed by atoms with van der Waals surface area (Å²) in [4.78, 5) is 0. The first kappa shape index (κ1) is 13.9. The fraction of sp³-hybridized carbons (Fsp3) is 1.00. The van der Waals surface area contributed by atoms with Crippen molar-refractivity contribution in [2.24, 2.45) is 0 Å². The van der Waals surface area contributed by atoms with Gasteiger partial charge in [0.05, 0.1) is 0 Å². The molecule has 0 rings (SSSR count). The van der Waals surface area contributed by atoms with Crippen LogP contribution in [0.2, 0.25) is 0 Å². The van der Waals surface area contributed by atoms with Gasteiger partial charge in [-0.05, 0) is 6.42 Å². The number of hydrogen-bond acceptors (Lipinski definition) is 3. The molecule has 0 unspecified atom stereocenters. The molecule has 14 heavy (non-hydrogen) atoms. The van der Waals surface area contributed by atoms with Gasteiger partial charge >= 0.3 is 20.2 Å². The molecule has 0 aromatic heterocycles. The molecule has 0 aliphatic heterocycles. The Balaban J connectivity index is 4.88. The third-order valence-electron chi connectivity index (χ3n) is 1.38. The second kappa shape index (κ2) is 4.19. The molecule has 0 amide bonds. The van der Waals surface area contributed by atoms with Gasteiger partial charge in [0.15, 0.2) is 0 Å². The molecule has 3 nitrogen and oxygen atoms in total. The lowest BCUT2D eigenvalue weighted by Gasteiger charge is -2.23. The van der Waals surface area contributed by atoms with E-state index in [1.807, 2.05) is 0 Å². The van der Waals surface area contributed by atoms with Gasteiger partial charge in [-0.15, -0.1) is 0 Å². The van der Waals surface area contributed by atoms with Crippen molar-refractivity contribution >= 4 is 19.7 Å². The van der Waals surface area contributed by atoms with Crippen molar-refractivity contribution < 1.29 is 31.1 Å².